The highest BCUT2D eigenvalue weighted by Gasteiger charge is 2.38. The summed E-state index contributed by atoms with van der Waals surface area (Å²) in [5.41, 5.74) is 3.66. The van der Waals surface area contributed by atoms with Gasteiger partial charge < -0.3 is 20.9 Å². The maximum atomic E-state index is 13.4. The molecule has 0 bridgehead atoms. The first kappa shape index (κ1) is 34.3. The van der Waals surface area contributed by atoms with E-state index in [9.17, 15) is 27.9 Å². The van der Waals surface area contributed by atoms with E-state index >= 15 is 0 Å². The third-order valence-electron chi connectivity index (χ3n) is 6.81. The average Bonchev–Trinajstić information content (AvgIpc) is 2.80. The van der Waals surface area contributed by atoms with E-state index in [0.29, 0.717) is 25.2 Å². The SMILES string of the molecule is CCOC(=O)C(C)(C)NS(=O)(=O)N(CCC(C)C)CC(O)[C@H](CC1CCCCC1)NC(=O)CCCC(N)=O. The third kappa shape index (κ3) is 12.9. The molecule has 12 heteroatoms. The van der Waals surface area contributed by atoms with Gasteiger partial charge in [0.15, 0.2) is 0 Å². The van der Waals surface area contributed by atoms with E-state index in [1.807, 2.05) is 13.8 Å². The third-order valence-corrected chi connectivity index (χ3v) is 8.59. The van der Waals surface area contributed by atoms with Crippen LogP contribution in [0.1, 0.15) is 98.8 Å². The Balaban J connectivity index is 3.09. The first-order valence-corrected chi connectivity index (χ1v) is 15.3. The van der Waals surface area contributed by atoms with Gasteiger partial charge in [-0.3, -0.25) is 14.4 Å². The van der Waals surface area contributed by atoms with Gasteiger partial charge in [-0.15, -0.1) is 0 Å². The first-order valence-electron chi connectivity index (χ1n) is 13.9. The summed E-state index contributed by atoms with van der Waals surface area (Å²) in [6.45, 7) is 8.43. The van der Waals surface area contributed by atoms with Gasteiger partial charge in [-0.1, -0.05) is 46.0 Å². The summed E-state index contributed by atoms with van der Waals surface area (Å²) in [5, 5.41) is 14.2. The van der Waals surface area contributed by atoms with E-state index in [-0.39, 0.29) is 44.4 Å². The van der Waals surface area contributed by atoms with Gasteiger partial charge in [-0.2, -0.15) is 17.4 Å². The zero-order valence-electron chi connectivity index (χ0n) is 23.8. The smallest absolute Gasteiger partial charge is 0.326 e. The van der Waals surface area contributed by atoms with Gasteiger partial charge in [0, 0.05) is 25.9 Å². The van der Waals surface area contributed by atoms with Crippen LogP contribution in [0.25, 0.3) is 0 Å². The lowest BCUT2D eigenvalue weighted by Crippen LogP contribution is -2.57. The van der Waals surface area contributed by atoms with Crippen LogP contribution < -0.4 is 15.8 Å². The number of primary amides is 1. The van der Waals surface area contributed by atoms with Crippen molar-refractivity contribution in [2.75, 3.05) is 19.7 Å². The van der Waals surface area contributed by atoms with E-state index in [1.165, 1.54) is 13.8 Å². The number of esters is 1. The molecule has 0 heterocycles. The summed E-state index contributed by atoms with van der Waals surface area (Å²) >= 11 is 0. The van der Waals surface area contributed by atoms with E-state index < -0.39 is 39.8 Å². The molecule has 1 unspecified atom stereocenters. The number of aliphatic hydroxyl groups excluding tert-OH is 1. The van der Waals surface area contributed by atoms with Crippen LogP contribution in [-0.4, -0.2) is 73.0 Å². The Hall–Kier alpha value is -1.76. The molecule has 1 saturated carbocycles. The summed E-state index contributed by atoms with van der Waals surface area (Å²) in [7, 11) is -4.19. The molecule has 0 saturated heterocycles. The largest absolute Gasteiger partial charge is 0.465 e. The monoisotopic (exact) mass is 562 g/mol. The molecule has 0 aromatic rings. The fourth-order valence-electron chi connectivity index (χ4n) is 4.58. The molecule has 2 atom stereocenters. The number of rotatable bonds is 18. The minimum Gasteiger partial charge on any atom is -0.465 e. The summed E-state index contributed by atoms with van der Waals surface area (Å²) < 4.78 is 35.4. The fourth-order valence-corrected chi connectivity index (χ4v) is 6.14. The van der Waals surface area contributed by atoms with Crippen LogP contribution in [-0.2, 0) is 29.3 Å². The molecule has 1 rings (SSSR count). The molecule has 222 valence electrons. The lowest BCUT2D eigenvalue weighted by molar-refractivity contribution is -0.149. The number of carbonyl (C=O) groups is 3. The van der Waals surface area contributed by atoms with Crippen molar-refractivity contribution in [2.24, 2.45) is 17.6 Å². The second-order valence-corrected chi connectivity index (χ2v) is 13.0. The highest BCUT2D eigenvalue weighted by molar-refractivity contribution is 7.87. The molecule has 0 radical (unpaired) electrons. The number of amides is 2. The molecule has 1 fully saturated rings. The van der Waals surface area contributed by atoms with E-state index in [4.69, 9.17) is 10.5 Å². The van der Waals surface area contributed by atoms with Crippen molar-refractivity contribution in [3.8, 4) is 0 Å². The number of nitrogens with one attached hydrogen (secondary N) is 2. The molecule has 0 spiro atoms. The Bertz CT molecular complexity index is 858. The van der Waals surface area contributed by atoms with Crippen molar-refractivity contribution in [3.63, 3.8) is 0 Å². The molecule has 5 N–H and O–H groups in total. The topological polar surface area (TPSA) is 168 Å². The number of nitrogens with zero attached hydrogens (tertiary/aromatic N) is 1. The quantitative estimate of drug-likeness (QED) is 0.185. The van der Waals surface area contributed by atoms with Gasteiger partial charge in [0.25, 0.3) is 10.2 Å². The van der Waals surface area contributed by atoms with Crippen molar-refractivity contribution < 1.29 is 32.6 Å². The van der Waals surface area contributed by atoms with Crippen LogP contribution in [0.15, 0.2) is 0 Å². The van der Waals surface area contributed by atoms with Crippen molar-refractivity contribution in [3.05, 3.63) is 0 Å². The molecule has 2 amide bonds. The zero-order valence-corrected chi connectivity index (χ0v) is 24.6. The van der Waals surface area contributed by atoms with Crippen molar-refractivity contribution in [1.29, 1.82) is 0 Å². The van der Waals surface area contributed by atoms with E-state index in [2.05, 4.69) is 10.0 Å². The number of hydrogen-bond acceptors (Lipinski definition) is 7. The summed E-state index contributed by atoms with van der Waals surface area (Å²) in [6, 6.07) is -0.658. The molecule has 11 nitrogen and oxygen atoms in total. The Morgan fingerprint density at radius 2 is 1.76 bits per heavy atom. The first-order chi connectivity index (χ1) is 17.7. The molecule has 1 aliphatic carbocycles. The second-order valence-electron chi connectivity index (χ2n) is 11.3. The number of ether oxygens (including phenoxy) is 1. The Labute approximate surface area is 228 Å². The Morgan fingerprint density at radius 1 is 1.13 bits per heavy atom. The van der Waals surface area contributed by atoms with Gasteiger partial charge in [0.1, 0.15) is 5.54 Å². The summed E-state index contributed by atoms with van der Waals surface area (Å²) in [4.78, 5) is 36.0. The van der Waals surface area contributed by atoms with Gasteiger partial charge in [-0.05, 0) is 51.9 Å². The van der Waals surface area contributed by atoms with Crippen LogP contribution in [0.3, 0.4) is 0 Å². The maximum absolute atomic E-state index is 13.4. The molecular formula is C26H50N4O7S. The molecule has 1 aliphatic rings. The fraction of sp³-hybridized carbons (Fsp3) is 0.885. The van der Waals surface area contributed by atoms with E-state index in [0.717, 1.165) is 36.4 Å². The van der Waals surface area contributed by atoms with Gasteiger partial charge >= 0.3 is 5.97 Å². The van der Waals surface area contributed by atoms with Gasteiger partial charge in [0.05, 0.1) is 18.8 Å². The minimum atomic E-state index is -4.19. The molecule has 38 heavy (non-hydrogen) atoms. The van der Waals surface area contributed by atoms with Crippen LogP contribution in [0.2, 0.25) is 0 Å². The number of nitrogens with two attached hydrogens (primary N) is 1. The predicted molar refractivity (Wildman–Crippen MR) is 146 cm³/mol. The Kier molecular flexibility index (Phi) is 14.8. The standard InChI is InChI=1S/C26H50N4O7S/c1-6-37-25(34)26(4,5)29-38(35,36)30(16-15-19(2)3)18-22(31)21(17-20-11-8-7-9-12-20)28-24(33)14-10-13-23(27)32/h19-22,29,31H,6-18H2,1-5H3,(H2,27,32)(H,28,33)/t21-,22?/m0/s1. The average molecular weight is 563 g/mol. The molecule has 0 aromatic heterocycles. The molecule has 0 aliphatic heterocycles. The predicted octanol–water partition coefficient (Wildman–Crippen LogP) is 1.98. The number of carbonyl (C=O) groups excluding carboxylic acids is 3. The second kappa shape index (κ2) is 16.4. The van der Waals surface area contributed by atoms with Crippen LogP contribution >= 0.6 is 0 Å². The number of hydrogen-bond donors (Lipinski definition) is 4. The van der Waals surface area contributed by atoms with Crippen molar-refractivity contribution in [2.45, 2.75) is 117 Å². The zero-order chi connectivity index (χ0) is 28.9. The van der Waals surface area contributed by atoms with E-state index in [1.54, 1.807) is 6.92 Å². The summed E-state index contributed by atoms with van der Waals surface area (Å²) in [5.74, 6) is -0.988. The highest BCUT2D eigenvalue weighted by atomic mass is 32.2. The van der Waals surface area contributed by atoms with Crippen LogP contribution in [0.5, 0.6) is 0 Å². The van der Waals surface area contributed by atoms with Crippen LogP contribution in [0, 0.1) is 11.8 Å². The normalized spacial score (nSPS) is 16.8. The minimum absolute atomic E-state index is 0.0848. The lowest BCUT2D eigenvalue weighted by Gasteiger charge is -2.34. The van der Waals surface area contributed by atoms with Gasteiger partial charge in [0.2, 0.25) is 11.8 Å². The lowest BCUT2D eigenvalue weighted by atomic mass is 9.83. The van der Waals surface area contributed by atoms with Crippen molar-refractivity contribution >= 4 is 28.0 Å². The molecule has 0 aromatic carbocycles. The molecular weight excluding hydrogens is 512 g/mol. The maximum Gasteiger partial charge on any atom is 0.326 e. The van der Waals surface area contributed by atoms with Crippen molar-refractivity contribution in [1.82, 2.24) is 14.3 Å². The number of aliphatic hydroxyl groups is 1. The highest BCUT2D eigenvalue weighted by Crippen LogP contribution is 2.28. The van der Waals surface area contributed by atoms with Gasteiger partial charge in [-0.25, -0.2) is 0 Å². The Morgan fingerprint density at radius 3 is 2.32 bits per heavy atom. The summed E-state index contributed by atoms with van der Waals surface area (Å²) in [6.07, 6.45) is 5.69. The van der Waals surface area contributed by atoms with Crippen LogP contribution in [0.4, 0.5) is 0 Å².